The average Bonchev–Trinajstić information content (AvgIpc) is 2.49. The van der Waals surface area contributed by atoms with Crippen LogP contribution in [0.25, 0.3) is 0 Å². The summed E-state index contributed by atoms with van der Waals surface area (Å²) in [5.74, 6) is 0.774. The van der Waals surface area contributed by atoms with Crippen molar-refractivity contribution in [2.75, 3.05) is 13.1 Å². The zero-order chi connectivity index (χ0) is 15.5. The van der Waals surface area contributed by atoms with E-state index in [-0.39, 0.29) is 0 Å². The standard InChI is InChI=1S/C18H32N2O/c1-4-5-16-6-8-17(14-19,9-7-16)18(21)10-12-20(13-11-18)15(2)3/h15-16,21H,4-13H2,1-3H3. The lowest BCUT2D eigenvalue weighted by Gasteiger charge is -2.50. The first-order valence-corrected chi connectivity index (χ1v) is 8.84. The predicted octanol–water partition coefficient (Wildman–Crippen LogP) is 3.72. The maximum absolute atomic E-state index is 11.2. The fourth-order valence-electron chi connectivity index (χ4n) is 4.44. The van der Waals surface area contributed by atoms with E-state index in [1.54, 1.807) is 0 Å². The van der Waals surface area contributed by atoms with Gasteiger partial charge < -0.3 is 10.0 Å². The van der Waals surface area contributed by atoms with Crippen LogP contribution in [0.4, 0.5) is 0 Å². The number of aliphatic hydroxyl groups is 1. The number of likely N-dealkylation sites (tertiary alicyclic amines) is 1. The lowest BCUT2D eigenvalue weighted by atomic mass is 9.59. The molecule has 1 aliphatic carbocycles. The first-order valence-electron chi connectivity index (χ1n) is 8.84. The Morgan fingerprint density at radius 3 is 2.19 bits per heavy atom. The molecule has 0 aromatic heterocycles. The van der Waals surface area contributed by atoms with Gasteiger partial charge in [-0.1, -0.05) is 19.8 Å². The Balaban J connectivity index is 2.03. The van der Waals surface area contributed by atoms with Crippen molar-refractivity contribution in [1.82, 2.24) is 4.90 Å². The van der Waals surface area contributed by atoms with Gasteiger partial charge in [0.05, 0.1) is 17.1 Å². The van der Waals surface area contributed by atoms with E-state index in [2.05, 4.69) is 31.7 Å². The van der Waals surface area contributed by atoms with Crippen molar-refractivity contribution in [1.29, 1.82) is 5.26 Å². The molecule has 2 rings (SSSR count). The molecule has 1 saturated carbocycles. The minimum absolute atomic E-state index is 0.486. The summed E-state index contributed by atoms with van der Waals surface area (Å²) >= 11 is 0. The highest BCUT2D eigenvalue weighted by molar-refractivity contribution is 5.14. The minimum atomic E-state index is -0.760. The van der Waals surface area contributed by atoms with E-state index >= 15 is 0 Å². The fraction of sp³-hybridized carbons (Fsp3) is 0.944. The highest BCUT2D eigenvalue weighted by atomic mass is 16.3. The van der Waals surface area contributed by atoms with Crippen LogP contribution in [0.2, 0.25) is 0 Å². The van der Waals surface area contributed by atoms with Crippen LogP contribution >= 0.6 is 0 Å². The van der Waals surface area contributed by atoms with Crippen molar-refractivity contribution in [3.05, 3.63) is 0 Å². The molecule has 0 aromatic carbocycles. The molecule has 1 saturated heterocycles. The molecule has 120 valence electrons. The summed E-state index contributed by atoms with van der Waals surface area (Å²) in [7, 11) is 0. The Morgan fingerprint density at radius 2 is 1.76 bits per heavy atom. The molecule has 2 aliphatic rings. The molecule has 0 spiro atoms. The maximum atomic E-state index is 11.2. The van der Waals surface area contributed by atoms with Crippen molar-refractivity contribution in [3.8, 4) is 6.07 Å². The van der Waals surface area contributed by atoms with Gasteiger partial charge in [0.15, 0.2) is 0 Å². The molecule has 1 N–H and O–H groups in total. The van der Waals surface area contributed by atoms with Gasteiger partial charge in [0.1, 0.15) is 0 Å². The molecule has 0 unspecified atom stereocenters. The first-order chi connectivity index (χ1) is 9.96. The van der Waals surface area contributed by atoms with Gasteiger partial charge in [-0.05, 0) is 58.3 Å². The van der Waals surface area contributed by atoms with Crippen molar-refractivity contribution in [2.24, 2.45) is 11.3 Å². The van der Waals surface area contributed by atoms with Crippen molar-refractivity contribution in [3.63, 3.8) is 0 Å². The third kappa shape index (κ3) is 3.27. The molecular formula is C18H32N2O. The summed E-state index contributed by atoms with van der Waals surface area (Å²) in [5, 5.41) is 21.0. The van der Waals surface area contributed by atoms with Gasteiger partial charge in [-0.25, -0.2) is 0 Å². The average molecular weight is 292 g/mol. The molecule has 3 heteroatoms. The second-order valence-electron chi connectivity index (χ2n) is 7.59. The van der Waals surface area contributed by atoms with Crippen LogP contribution < -0.4 is 0 Å². The number of hydrogen-bond acceptors (Lipinski definition) is 3. The molecule has 0 radical (unpaired) electrons. The Morgan fingerprint density at radius 1 is 1.19 bits per heavy atom. The van der Waals surface area contributed by atoms with Gasteiger partial charge in [-0.2, -0.15) is 5.26 Å². The number of rotatable bonds is 4. The normalized spacial score (nSPS) is 33.8. The molecule has 0 atom stereocenters. The lowest BCUT2D eigenvalue weighted by Crippen LogP contribution is -2.56. The number of piperidine rings is 1. The SMILES string of the molecule is CCCC1CCC(C#N)(C2(O)CCN(C(C)C)CC2)CC1. The first kappa shape index (κ1) is 16.8. The summed E-state index contributed by atoms with van der Waals surface area (Å²) < 4.78 is 0. The van der Waals surface area contributed by atoms with Crippen molar-refractivity contribution in [2.45, 2.75) is 83.8 Å². The van der Waals surface area contributed by atoms with Crippen LogP contribution in [-0.4, -0.2) is 34.7 Å². The molecular weight excluding hydrogens is 260 g/mol. The third-order valence-electron chi connectivity index (χ3n) is 6.12. The van der Waals surface area contributed by atoms with Crippen LogP contribution in [0, 0.1) is 22.7 Å². The molecule has 0 aromatic rings. The van der Waals surface area contributed by atoms with Gasteiger partial charge in [0.25, 0.3) is 0 Å². The zero-order valence-corrected chi connectivity index (χ0v) is 14.1. The van der Waals surface area contributed by atoms with Crippen LogP contribution in [0.15, 0.2) is 0 Å². The van der Waals surface area contributed by atoms with Crippen LogP contribution in [0.3, 0.4) is 0 Å². The second kappa shape index (κ2) is 6.67. The summed E-state index contributed by atoms with van der Waals surface area (Å²) in [4.78, 5) is 2.42. The van der Waals surface area contributed by atoms with E-state index in [0.29, 0.717) is 6.04 Å². The quantitative estimate of drug-likeness (QED) is 0.859. The summed E-state index contributed by atoms with van der Waals surface area (Å²) in [6.07, 6.45) is 8.07. The highest BCUT2D eigenvalue weighted by Gasteiger charge is 2.53. The summed E-state index contributed by atoms with van der Waals surface area (Å²) in [5.41, 5.74) is -1.25. The maximum Gasteiger partial charge on any atom is 0.0861 e. The van der Waals surface area contributed by atoms with Gasteiger partial charge >= 0.3 is 0 Å². The van der Waals surface area contributed by atoms with Gasteiger partial charge in [0, 0.05) is 19.1 Å². The van der Waals surface area contributed by atoms with Crippen molar-refractivity contribution < 1.29 is 5.11 Å². The lowest BCUT2D eigenvalue weighted by molar-refractivity contribution is -0.117. The van der Waals surface area contributed by atoms with Crippen LogP contribution in [0.1, 0.15) is 72.1 Å². The number of nitrogens with zero attached hydrogens (tertiary/aromatic N) is 2. The largest absolute Gasteiger partial charge is 0.388 e. The summed E-state index contributed by atoms with van der Waals surface area (Å²) in [6.45, 7) is 8.51. The topological polar surface area (TPSA) is 47.3 Å². The molecule has 1 aliphatic heterocycles. The van der Waals surface area contributed by atoms with E-state index < -0.39 is 11.0 Å². The minimum Gasteiger partial charge on any atom is -0.388 e. The van der Waals surface area contributed by atoms with E-state index in [1.165, 1.54) is 12.8 Å². The fourth-order valence-corrected chi connectivity index (χ4v) is 4.44. The molecule has 0 bridgehead atoms. The molecule has 0 amide bonds. The molecule has 3 nitrogen and oxygen atoms in total. The molecule has 1 heterocycles. The van der Waals surface area contributed by atoms with E-state index in [9.17, 15) is 10.4 Å². The molecule has 2 fully saturated rings. The molecule has 21 heavy (non-hydrogen) atoms. The van der Waals surface area contributed by atoms with Gasteiger partial charge in [0.2, 0.25) is 0 Å². The third-order valence-corrected chi connectivity index (χ3v) is 6.12. The number of nitriles is 1. The van der Waals surface area contributed by atoms with Gasteiger partial charge in [-0.3, -0.25) is 0 Å². The van der Waals surface area contributed by atoms with Crippen LogP contribution in [-0.2, 0) is 0 Å². The Hall–Kier alpha value is -0.590. The highest BCUT2D eigenvalue weighted by Crippen LogP contribution is 2.50. The van der Waals surface area contributed by atoms with Gasteiger partial charge in [-0.15, -0.1) is 0 Å². The van der Waals surface area contributed by atoms with E-state index in [0.717, 1.165) is 57.5 Å². The summed E-state index contributed by atoms with van der Waals surface area (Å²) in [6, 6.07) is 3.10. The van der Waals surface area contributed by atoms with E-state index in [1.807, 2.05) is 0 Å². The monoisotopic (exact) mass is 292 g/mol. The van der Waals surface area contributed by atoms with Crippen molar-refractivity contribution >= 4 is 0 Å². The zero-order valence-electron chi connectivity index (χ0n) is 14.1. The Bertz CT molecular complexity index is 369. The van der Waals surface area contributed by atoms with E-state index in [4.69, 9.17) is 0 Å². The number of hydrogen-bond donors (Lipinski definition) is 1. The Labute approximate surface area is 130 Å². The predicted molar refractivity (Wildman–Crippen MR) is 85.8 cm³/mol. The van der Waals surface area contributed by atoms with Crippen LogP contribution in [0.5, 0.6) is 0 Å². The Kier molecular flexibility index (Phi) is 5.33. The second-order valence-corrected chi connectivity index (χ2v) is 7.59. The smallest absolute Gasteiger partial charge is 0.0861 e.